The van der Waals surface area contributed by atoms with Gasteiger partial charge in [0, 0.05) is 0 Å². The molecule has 9 heavy (non-hydrogen) atoms. The van der Waals surface area contributed by atoms with Crippen molar-refractivity contribution in [3.05, 3.63) is 0 Å². The van der Waals surface area contributed by atoms with Gasteiger partial charge in [-0.15, -0.1) is 0 Å². The summed E-state index contributed by atoms with van der Waals surface area (Å²) in [6, 6.07) is 0. The summed E-state index contributed by atoms with van der Waals surface area (Å²) in [5, 5.41) is 9.37. The molecule has 1 aliphatic rings. The first-order valence-electron chi connectivity index (χ1n) is 2.09. The van der Waals surface area contributed by atoms with Crippen molar-refractivity contribution in [1.29, 1.82) is 0 Å². The third-order valence-corrected chi connectivity index (χ3v) is 1.21. The summed E-state index contributed by atoms with van der Waals surface area (Å²) in [4.78, 5) is 6.93. The molecule has 1 N–H and O–H groups in total. The Bertz CT molecular complexity index is 168. The van der Waals surface area contributed by atoms with E-state index < -0.39 is 5.62 Å². The van der Waals surface area contributed by atoms with Gasteiger partial charge in [-0.05, 0) is 11.6 Å². The second-order valence-electron chi connectivity index (χ2n) is 1.33. The number of aliphatic imine (C=N–C) groups is 2. The summed E-state index contributed by atoms with van der Waals surface area (Å²) in [6.07, 6.45) is 1.09. The molecule has 1 heterocycles. The van der Waals surface area contributed by atoms with E-state index in [1.165, 1.54) is 0 Å². The lowest BCUT2D eigenvalue weighted by Crippen LogP contribution is -2.28. The lowest BCUT2D eigenvalue weighted by atomic mass is 10.9. The van der Waals surface area contributed by atoms with Crippen LogP contribution in [0.2, 0.25) is 0 Å². The van der Waals surface area contributed by atoms with E-state index >= 15 is 0 Å². The number of hydroxylamine groups is 2. The van der Waals surface area contributed by atoms with Crippen LogP contribution in [0.4, 0.5) is 0 Å². The molecule has 1 aliphatic heterocycles. The maximum absolute atomic E-state index is 8.68. The quantitative estimate of drug-likeness (QED) is 0.430. The van der Waals surface area contributed by atoms with Gasteiger partial charge in [0.2, 0.25) is 10.9 Å². The Morgan fingerprint density at radius 2 is 2.44 bits per heavy atom. The van der Waals surface area contributed by atoms with Gasteiger partial charge >= 0.3 is 0 Å². The van der Waals surface area contributed by atoms with Crippen LogP contribution in [0.25, 0.3) is 0 Å². The molecule has 0 aliphatic carbocycles. The zero-order chi connectivity index (χ0) is 6.85. The van der Waals surface area contributed by atoms with Gasteiger partial charge in [0.1, 0.15) is 6.34 Å². The van der Waals surface area contributed by atoms with Gasteiger partial charge in [0.25, 0.3) is 0 Å². The molecule has 0 saturated carbocycles. The van der Waals surface area contributed by atoms with Crippen molar-refractivity contribution in [2.24, 2.45) is 9.98 Å². The standard InChI is InChI=1S/C3H3Cl2N3O/c4-2-6-1-8(9)3(5)7-2/h1,3,9H. The monoisotopic (exact) mass is 167 g/mol. The number of hydrogen-bond acceptors (Lipinski definition) is 4. The molecule has 1 atom stereocenters. The predicted octanol–water partition coefficient (Wildman–Crippen LogP) is 0.837. The zero-order valence-corrected chi connectivity index (χ0v) is 5.71. The molecule has 1 unspecified atom stereocenters. The highest BCUT2D eigenvalue weighted by molar-refractivity contribution is 6.65. The van der Waals surface area contributed by atoms with Gasteiger partial charge in [-0.25, -0.2) is 15.0 Å². The number of hydrogen-bond donors (Lipinski definition) is 1. The summed E-state index contributed by atoms with van der Waals surface area (Å²) < 4.78 is 0. The van der Waals surface area contributed by atoms with E-state index in [2.05, 4.69) is 9.98 Å². The number of nitrogens with zero attached hydrogens (tertiary/aromatic N) is 3. The van der Waals surface area contributed by atoms with Crippen LogP contribution in [-0.2, 0) is 0 Å². The average molecular weight is 168 g/mol. The highest BCUT2D eigenvalue weighted by Gasteiger charge is 2.12. The predicted molar refractivity (Wildman–Crippen MR) is 35.0 cm³/mol. The molecule has 0 amide bonds. The molecule has 0 aromatic carbocycles. The fraction of sp³-hybridized carbons (Fsp3) is 0.333. The van der Waals surface area contributed by atoms with Crippen molar-refractivity contribution in [2.75, 3.05) is 0 Å². The second-order valence-corrected chi connectivity index (χ2v) is 2.06. The van der Waals surface area contributed by atoms with Gasteiger partial charge in [-0.3, -0.25) is 5.21 Å². The molecule has 0 aromatic heterocycles. The molecule has 0 spiro atoms. The maximum atomic E-state index is 8.68. The van der Waals surface area contributed by atoms with Crippen LogP contribution < -0.4 is 0 Å². The number of amidine groups is 1. The van der Waals surface area contributed by atoms with E-state index in [0.717, 1.165) is 6.34 Å². The van der Waals surface area contributed by atoms with Crippen LogP contribution in [0.1, 0.15) is 0 Å². The minimum Gasteiger partial charge on any atom is -0.284 e. The van der Waals surface area contributed by atoms with E-state index in [0.29, 0.717) is 5.06 Å². The molecule has 0 saturated heterocycles. The first-order chi connectivity index (χ1) is 4.20. The molecule has 6 heteroatoms. The summed E-state index contributed by atoms with van der Waals surface area (Å²) in [6.45, 7) is 0. The van der Waals surface area contributed by atoms with Crippen molar-refractivity contribution in [3.8, 4) is 0 Å². The van der Waals surface area contributed by atoms with Gasteiger partial charge in [-0.2, -0.15) is 0 Å². The molecular formula is C3H3Cl2N3O. The molecule has 1 rings (SSSR count). The number of rotatable bonds is 0. The Morgan fingerprint density at radius 1 is 1.78 bits per heavy atom. The second kappa shape index (κ2) is 2.51. The number of halogens is 2. The first-order valence-corrected chi connectivity index (χ1v) is 2.90. The van der Waals surface area contributed by atoms with E-state index in [1.54, 1.807) is 0 Å². The topological polar surface area (TPSA) is 48.2 Å². The van der Waals surface area contributed by atoms with Crippen LogP contribution in [-0.4, -0.2) is 27.5 Å². The van der Waals surface area contributed by atoms with E-state index in [4.69, 9.17) is 28.4 Å². The zero-order valence-electron chi connectivity index (χ0n) is 4.20. The number of alkyl halides is 1. The minimum absolute atomic E-state index is 0.0419. The molecule has 0 radical (unpaired) electrons. The molecular weight excluding hydrogens is 165 g/mol. The Hall–Kier alpha value is -0.320. The van der Waals surface area contributed by atoms with Crippen LogP contribution in [0.3, 0.4) is 0 Å². The van der Waals surface area contributed by atoms with Crippen molar-refractivity contribution in [2.45, 2.75) is 5.62 Å². The third-order valence-electron chi connectivity index (χ3n) is 0.714. The van der Waals surface area contributed by atoms with Crippen molar-refractivity contribution >= 4 is 34.8 Å². The van der Waals surface area contributed by atoms with Gasteiger partial charge < -0.3 is 0 Å². The fourth-order valence-corrected chi connectivity index (χ4v) is 0.671. The Balaban J connectivity index is 2.70. The summed E-state index contributed by atoms with van der Waals surface area (Å²) in [5.74, 6) is 0. The van der Waals surface area contributed by atoms with Crippen LogP contribution in [0.15, 0.2) is 9.98 Å². The van der Waals surface area contributed by atoms with Gasteiger partial charge in [-0.1, -0.05) is 11.6 Å². The normalized spacial score (nSPS) is 26.3. The van der Waals surface area contributed by atoms with E-state index in [9.17, 15) is 0 Å². The van der Waals surface area contributed by atoms with Crippen molar-refractivity contribution in [3.63, 3.8) is 0 Å². The Morgan fingerprint density at radius 3 is 2.89 bits per heavy atom. The highest BCUT2D eigenvalue weighted by Crippen LogP contribution is 2.07. The highest BCUT2D eigenvalue weighted by atomic mass is 35.5. The van der Waals surface area contributed by atoms with Crippen LogP contribution in [0, 0.1) is 0 Å². The lowest BCUT2D eigenvalue weighted by molar-refractivity contribution is -0.0204. The average Bonchev–Trinajstić information content (AvgIpc) is 1.80. The maximum Gasteiger partial charge on any atom is 0.224 e. The minimum atomic E-state index is -0.852. The van der Waals surface area contributed by atoms with E-state index in [-0.39, 0.29) is 5.29 Å². The summed E-state index contributed by atoms with van der Waals surface area (Å²) in [7, 11) is 0. The van der Waals surface area contributed by atoms with Crippen molar-refractivity contribution in [1.82, 2.24) is 5.06 Å². The Labute approximate surface area is 61.4 Å². The molecule has 0 aromatic rings. The fourth-order valence-electron chi connectivity index (χ4n) is 0.342. The largest absolute Gasteiger partial charge is 0.284 e. The van der Waals surface area contributed by atoms with Crippen LogP contribution >= 0.6 is 23.2 Å². The smallest absolute Gasteiger partial charge is 0.224 e. The SMILES string of the molecule is ON1C=NC(Cl)=NC1Cl. The third kappa shape index (κ3) is 1.54. The van der Waals surface area contributed by atoms with E-state index in [1.807, 2.05) is 0 Å². The first kappa shape index (κ1) is 6.80. The van der Waals surface area contributed by atoms with Crippen LogP contribution in [0.5, 0.6) is 0 Å². The Kier molecular flexibility index (Phi) is 1.90. The lowest BCUT2D eigenvalue weighted by Gasteiger charge is -2.16. The summed E-state index contributed by atoms with van der Waals surface area (Å²) >= 11 is 10.7. The van der Waals surface area contributed by atoms with Crippen molar-refractivity contribution < 1.29 is 5.21 Å². The molecule has 0 bridgehead atoms. The molecule has 50 valence electrons. The van der Waals surface area contributed by atoms with Gasteiger partial charge in [0.05, 0.1) is 0 Å². The molecule has 4 nitrogen and oxygen atoms in total. The summed E-state index contributed by atoms with van der Waals surface area (Å²) in [5.41, 5.74) is -0.852. The molecule has 0 fully saturated rings. The van der Waals surface area contributed by atoms with Gasteiger partial charge in [0.15, 0.2) is 0 Å².